The highest BCUT2D eigenvalue weighted by molar-refractivity contribution is 5.82. The van der Waals surface area contributed by atoms with Crippen LogP contribution in [0.25, 0.3) is 67.5 Å². The van der Waals surface area contributed by atoms with Crippen LogP contribution in [-0.4, -0.2) is 19.9 Å². The Balaban J connectivity index is 1.43. The van der Waals surface area contributed by atoms with E-state index in [2.05, 4.69) is 71.7 Å². The topological polar surface area (TPSA) is 51.6 Å². The molecule has 0 spiro atoms. The van der Waals surface area contributed by atoms with Gasteiger partial charge in [-0.25, -0.2) is 15.0 Å². The van der Waals surface area contributed by atoms with Crippen molar-refractivity contribution >= 4 is 0 Å². The van der Waals surface area contributed by atoms with Crippen molar-refractivity contribution in [3.8, 4) is 67.5 Å². The fourth-order valence-electron chi connectivity index (χ4n) is 5.08. The number of hydrogen-bond donors (Lipinski definition) is 0. The molecule has 0 fully saturated rings. The van der Waals surface area contributed by atoms with Gasteiger partial charge in [-0.1, -0.05) is 109 Å². The summed E-state index contributed by atoms with van der Waals surface area (Å²) < 4.78 is 0. The minimum Gasteiger partial charge on any atom is -0.265 e. The van der Waals surface area contributed by atoms with Crippen LogP contribution in [0.15, 0.2) is 158 Å². The maximum Gasteiger partial charge on any atom is 0.164 e. The summed E-state index contributed by atoms with van der Waals surface area (Å²) in [5.74, 6) is 1.92. The van der Waals surface area contributed by atoms with Gasteiger partial charge in [-0.3, -0.25) is 4.98 Å². The number of benzene rings is 5. The van der Waals surface area contributed by atoms with Crippen molar-refractivity contribution in [3.05, 3.63) is 158 Å². The van der Waals surface area contributed by atoms with Crippen molar-refractivity contribution in [3.63, 3.8) is 0 Å². The van der Waals surface area contributed by atoms with Gasteiger partial charge >= 0.3 is 0 Å². The third-order valence-corrected chi connectivity index (χ3v) is 7.21. The maximum absolute atomic E-state index is 5.00. The summed E-state index contributed by atoms with van der Waals surface area (Å²) in [5.41, 5.74) is 9.52. The molecule has 42 heavy (non-hydrogen) atoms. The molecular formula is C38H26N4. The van der Waals surface area contributed by atoms with E-state index in [9.17, 15) is 0 Å². The van der Waals surface area contributed by atoms with Crippen molar-refractivity contribution in [2.24, 2.45) is 0 Å². The lowest BCUT2D eigenvalue weighted by atomic mass is 9.94. The molecule has 0 N–H and O–H groups in total. The molecule has 0 aliphatic heterocycles. The SMILES string of the molecule is c1ccc(-c2cc(-c3cccc(-c4ccncc4)c3)cc(-c3nc(-c4ccccc4)nc(-c4ccccc4)n3)c2)cc1. The molecule has 4 heteroatoms. The minimum absolute atomic E-state index is 0.632. The van der Waals surface area contributed by atoms with E-state index in [0.29, 0.717) is 17.5 Å². The lowest BCUT2D eigenvalue weighted by molar-refractivity contribution is 1.07. The summed E-state index contributed by atoms with van der Waals surface area (Å²) in [5, 5.41) is 0. The van der Waals surface area contributed by atoms with Crippen LogP contribution in [0.3, 0.4) is 0 Å². The summed E-state index contributed by atoms with van der Waals surface area (Å²) >= 11 is 0. The first-order valence-corrected chi connectivity index (χ1v) is 13.9. The van der Waals surface area contributed by atoms with Crippen LogP contribution >= 0.6 is 0 Å². The van der Waals surface area contributed by atoms with Crippen molar-refractivity contribution in [2.45, 2.75) is 0 Å². The summed E-state index contributed by atoms with van der Waals surface area (Å²) in [7, 11) is 0. The monoisotopic (exact) mass is 538 g/mol. The Morgan fingerprint density at radius 1 is 0.262 bits per heavy atom. The van der Waals surface area contributed by atoms with E-state index in [1.807, 2.05) is 91.3 Å². The molecule has 0 saturated carbocycles. The Kier molecular flexibility index (Phi) is 6.85. The van der Waals surface area contributed by atoms with Crippen LogP contribution in [0.2, 0.25) is 0 Å². The third kappa shape index (κ3) is 5.34. The fraction of sp³-hybridized carbons (Fsp3) is 0. The second kappa shape index (κ2) is 11.4. The Morgan fingerprint density at radius 3 is 1.17 bits per heavy atom. The zero-order valence-corrected chi connectivity index (χ0v) is 22.8. The first-order valence-electron chi connectivity index (χ1n) is 13.9. The number of rotatable bonds is 6. The normalized spacial score (nSPS) is 10.9. The van der Waals surface area contributed by atoms with Crippen LogP contribution in [-0.2, 0) is 0 Å². The fourth-order valence-corrected chi connectivity index (χ4v) is 5.08. The largest absolute Gasteiger partial charge is 0.265 e. The number of aromatic nitrogens is 4. The summed E-state index contributed by atoms with van der Waals surface area (Å²) in [6.45, 7) is 0. The number of hydrogen-bond acceptors (Lipinski definition) is 4. The molecule has 7 rings (SSSR count). The summed E-state index contributed by atoms with van der Waals surface area (Å²) in [4.78, 5) is 19.1. The van der Waals surface area contributed by atoms with Gasteiger partial charge in [0.25, 0.3) is 0 Å². The van der Waals surface area contributed by atoms with E-state index in [1.165, 1.54) is 0 Å². The van der Waals surface area contributed by atoms with E-state index < -0.39 is 0 Å². The maximum atomic E-state index is 5.00. The highest BCUT2D eigenvalue weighted by Gasteiger charge is 2.15. The first kappa shape index (κ1) is 25.2. The second-order valence-corrected chi connectivity index (χ2v) is 10.0. The van der Waals surface area contributed by atoms with Gasteiger partial charge in [0.15, 0.2) is 17.5 Å². The Morgan fingerprint density at radius 2 is 0.619 bits per heavy atom. The van der Waals surface area contributed by atoms with Crippen molar-refractivity contribution in [1.29, 1.82) is 0 Å². The van der Waals surface area contributed by atoms with Crippen LogP contribution in [0.5, 0.6) is 0 Å². The van der Waals surface area contributed by atoms with Gasteiger partial charge in [-0.05, 0) is 69.8 Å². The molecule has 0 amide bonds. The van der Waals surface area contributed by atoms with Gasteiger partial charge in [0, 0.05) is 29.1 Å². The zero-order valence-electron chi connectivity index (χ0n) is 22.8. The Labute approximate surface area is 245 Å². The second-order valence-electron chi connectivity index (χ2n) is 10.0. The molecule has 0 unspecified atom stereocenters. The molecular weight excluding hydrogens is 512 g/mol. The molecule has 5 aromatic carbocycles. The molecule has 0 bridgehead atoms. The van der Waals surface area contributed by atoms with Crippen molar-refractivity contribution in [1.82, 2.24) is 19.9 Å². The smallest absolute Gasteiger partial charge is 0.164 e. The van der Waals surface area contributed by atoms with Crippen molar-refractivity contribution < 1.29 is 0 Å². The number of nitrogens with zero attached hydrogens (tertiary/aromatic N) is 4. The summed E-state index contributed by atoms with van der Waals surface area (Å²) in [6.07, 6.45) is 3.65. The molecule has 198 valence electrons. The van der Waals surface area contributed by atoms with Crippen LogP contribution in [0.1, 0.15) is 0 Å². The Hall–Kier alpha value is -5.74. The molecule has 2 heterocycles. The minimum atomic E-state index is 0.632. The van der Waals surface area contributed by atoms with Gasteiger partial charge in [-0.15, -0.1) is 0 Å². The molecule has 4 nitrogen and oxygen atoms in total. The lowest BCUT2D eigenvalue weighted by Gasteiger charge is -2.13. The van der Waals surface area contributed by atoms with Gasteiger partial charge in [-0.2, -0.15) is 0 Å². The quantitative estimate of drug-likeness (QED) is 0.212. The predicted octanol–water partition coefficient (Wildman–Crippen LogP) is 9.27. The molecule has 0 atom stereocenters. The average Bonchev–Trinajstić information content (AvgIpc) is 3.09. The van der Waals surface area contributed by atoms with E-state index in [-0.39, 0.29) is 0 Å². The zero-order chi connectivity index (χ0) is 28.1. The molecule has 7 aromatic rings. The van der Waals surface area contributed by atoms with Gasteiger partial charge < -0.3 is 0 Å². The molecule has 2 aromatic heterocycles. The average molecular weight is 539 g/mol. The first-order chi connectivity index (χ1) is 20.8. The third-order valence-electron chi connectivity index (χ3n) is 7.21. The number of pyridine rings is 1. The van der Waals surface area contributed by atoms with Gasteiger partial charge in [0.05, 0.1) is 0 Å². The van der Waals surface area contributed by atoms with Crippen molar-refractivity contribution in [2.75, 3.05) is 0 Å². The highest BCUT2D eigenvalue weighted by Crippen LogP contribution is 2.34. The molecule has 0 aliphatic rings. The molecule has 0 aliphatic carbocycles. The van der Waals surface area contributed by atoms with Crippen LogP contribution in [0.4, 0.5) is 0 Å². The predicted molar refractivity (Wildman–Crippen MR) is 170 cm³/mol. The molecule has 0 radical (unpaired) electrons. The van der Waals surface area contributed by atoms with E-state index in [4.69, 9.17) is 15.0 Å². The highest BCUT2D eigenvalue weighted by atomic mass is 15.0. The van der Waals surface area contributed by atoms with Gasteiger partial charge in [0.1, 0.15) is 0 Å². The summed E-state index contributed by atoms with van der Waals surface area (Å²) in [6, 6.07) is 49.8. The van der Waals surface area contributed by atoms with E-state index in [1.54, 1.807) is 0 Å². The molecule has 0 saturated heterocycles. The van der Waals surface area contributed by atoms with Crippen LogP contribution < -0.4 is 0 Å². The Bertz CT molecular complexity index is 1900. The van der Waals surface area contributed by atoms with Crippen LogP contribution in [0, 0.1) is 0 Å². The van der Waals surface area contributed by atoms with E-state index in [0.717, 1.165) is 50.1 Å². The standard InChI is InChI=1S/C38H26N4/c1-4-11-27(12-5-1)33-24-34(32-18-10-17-31(23-32)28-19-21-39-22-20-28)26-35(25-33)38-41-36(29-13-6-2-7-14-29)40-37(42-38)30-15-8-3-9-16-30/h1-26H. The lowest BCUT2D eigenvalue weighted by Crippen LogP contribution is -2.00. The van der Waals surface area contributed by atoms with Gasteiger partial charge in [0.2, 0.25) is 0 Å². The van der Waals surface area contributed by atoms with E-state index >= 15 is 0 Å².